The van der Waals surface area contributed by atoms with E-state index in [-0.39, 0.29) is 0 Å². The van der Waals surface area contributed by atoms with E-state index in [1.807, 2.05) is 0 Å². The molecule has 1 aliphatic rings. The molecule has 1 rings (SSSR count). The molecule has 0 aliphatic carbocycles. The molecule has 1 fully saturated rings. The van der Waals surface area contributed by atoms with Gasteiger partial charge < -0.3 is 4.48 Å². The predicted octanol–water partition coefficient (Wildman–Crippen LogP) is 1.64. The van der Waals surface area contributed by atoms with E-state index >= 15 is 0 Å². The minimum absolute atomic E-state index is 1.01. The average Bonchev–Trinajstić information content (AvgIpc) is 2.46. The molecule has 0 aromatic carbocycles. The third kappa shape index (κ3) is 1.26. The zero-order valence-corrected chi connectivity index (χ0v) is 6.85. The Hall–Kier alpha value is -0.0400. The largest absolute Gasteiger partial charge is 0.314 e. The Labute approximate surface area is 58.3 Å². The summed E-state index contributed by atoms with van der Waals surface area (Å²) in [5, 5.41) is 0. The Morgan fingerprint density at radius 1 is 1.44 bits per heavy atom. The van der Waals surface area contributed by atoms with Crippen LogP contribution in [0.15, 0.2) is 0 Å². The second-order valence-electron chi connectivity index (χ2n) is 3.42. The number of hydrogen-bond donors (Lipinski definition) is 0. The van der Waals surface area contributed by atoms with E-state index in [9.17, 15) is 0 Å². The summed E-state index contributed by atoms with van der Waals surface area (Å²) in [6.45, 7) is 7.32. The first-order valence-corrected chi connectivity index (χ1v) is 4.07. The van der Waals surface area contributed by atoms with Crippen LogP contribution in [0.1, 0.15) is 26.7 Å². The van der Waals surface area contributed by atoms with Crippen LogP contribution in [-0.4, -0.2) is 30.7 Å². The fourth-order valence-electron chi connectivity index (χ4n) is 1.56. The van der Waals surface area contributed by atoms with Gasteiger partial charge in [-0.3, -0.25) is 0 Å². The van der Waals surface area contributed by atoms with Gasteiger partial charge in [-0.1, -0.05) is 13.3 Å². The van der Waals surface area contributed by atoms with Gasteiger partial charge in [-0.15, -0.1) is 0 Å². The molecule has 1 heterocycles. The van der Waals surface area contributed by atoms with Gasteiger partial charge >= 0.3 is 0 Å². The lowest BCUT2D eigenvalue weighted by molar-refractivity contribution is -0.790. The van der Waals surface area contributed by atoms with Gasteiger partial charge in [0.15, 0.2) is 0 Å². The maximum atomic E-state index is 2.36. The summed E-state index contributed by atoms with van der Waals surface area (Å²) in [4.78, 5) is 0. The second-order valence-corrected chi connectivity index (χ2v) is 3.42. The number of rotatable bonds is 3. The van der Waals surface area contributed by atoms with Crippen LogP contribution in [0.2, 0.25) is 0 Å². The maximum Gasteiger partial charge on any atom is 0.139 e. The predicted molar refractivity (Wildman–Crippen MR) is 40.3 cm³/mol. The molecule has 0 saturated carbocycles. The number of likely N-dealkylation sites (N-methyl/N-ethyl adjacent to an activating group) is 1. The highest BCUT2D eigenvalue weighted by Gasteiger charge is 2.48. The molecule has 0 bridgehead atoms. The van der Waals surface area contributed by atoms with Crippen LogP contribution >= 0.6 is 0 Å². The topological polar surface area (TPSA) is 0 Å². The van der Waals surface area contributed by atoms with Gasteiger partial charge in [-0.2, -0.15) is 0 Å². The molecule has 0 amide bonds. The lowest BCUT2D eigenvalue weighted by Crippen LogP contribution is -2.22. The van der Waals surface area contributed by atoms with E-state index in [0.29, 0.717) is 0 Å². The molecule has 1 aliphatic heterocycles. The van der Waals surface area contributed by atoms with Crippen LogP contribution in [0.3, 0.4) is 0 Å². The first kappa shape index (κ1) is 7.07. The summed E-state index contributed by atoms with van der Waals surface area (Å²) in [6.07, 6.45) is 2.79. The highest BCUT2D eigenvalue weighted by molar-refractivity contribution is 4.70. The van der Waals surface area contributed by atoms with Crippen molar-refractivity contribution in [3.8, 4) is 0 Å². The smallest absolute Gasteiger partial charge is 0.139 e. The van der Waals surface area contributed by atoms with E-state index in [4.69, 9.17) is 0 Å². The lowest BCUT2D eigenvalue weighted by atomic mass is 10.3. The van der Waals surface area contributed by atoms with Gasteiger partial charge in [0.05, 0.1) is 13.6 Å². The first-order chi connectivity index (χ1) is 4.23. The Bertz CT molecular complexity index is 98.7. The maximum absolute atomic E-state index is 2.36. The molecule has 54 valence electrons. The van der Waals surface area contributed by atoms with E-state index in [1.54, 1.807) is 0 Å². The highest BCUT2D eigenvalue weighted by Crippen LogP contribution is 2.30. The summed E-state index contributed by atoms with van der Waals surface area (Å²) in [5.41, 5.74) is 0. The van der Waals surface area contributed by atoms with Gasteiger partial charge in [0.1, 0.15) is 12.6 Å². The summed E-state index contributed by atoms with van der Waals surface area (Å²) in [6, 6.07) is 1.01. The summed E-state index contributed by atoms with van der Waals surface area (Å²) < 4.78 is 1.34. The zero-order valence-electron chi connectivity index (χ0n) is 6.85. The van der Waals surface area contributed by atoms with Crippen LogP contribution in [0.4, 0.5) is 0 Å². The fourth-order valence-corrected chi connectivity index (χ4v) is 1.56. The molecule has 1 heteroatoms. The van der Waals surface area contributed by atoms with Crippen LogP contribution in [0.5, 0.6) is 0 Å². The van der Waals surface area contributed by atoms with Gasteiger partial charge in [0.2, 0.25) is 0 Å². The molecule has 2 atom stereocenters. The average molecular weight is 128 g/mol. The van der Waals surface area contributed by atoms with E-state index < -0.39 is 0 Å². The van der Waals surface area contributed by atoms with E-state index in [0.717, 1.165) is 6.04 Å². The minimum atomic E-state index is 1.01. The molecule has 0 aromatic heterocycles. The van der Waals surface area contributed by atoms with Crippen molar-refractivity contribution in [2.24, 2.45) is 0 Å². The van der Waals surface area contributed by atoms with Crippen molar-refractivity contribution in [2.45, 2.75) is 32.7 Å². The molecule has 0 N–H and O–H groups in total. The quantitative estimate of drug-likeness (QED) is 0.400. The van der Waals surface area contributed by atoms with E-state index in [2.05, 4.69) is 20.9 Å². The Balaban J connectivity index is 2.22. The van der Waals surface area contributed by atoms with E-state index in [1.165, 1.54) is 30.4 Å². The van der Waals surface area contributed by atoms with Gasteiger partial charge in [-0.25, -0.2) is 0 Å². The van der Waals surface area contributed by atoms with Crippen LogP contribution in [0, 0.1) is 0 Å². The molecule has 2 unspecified atom stereocenters. The third-order valence-corrected chi connectivity index (χ3v) is 2.72. The standard InChI is InChI=1S/C8H18N/c1-4-6-8-7-9(8,3)5-2/h8H,4-7H2,1-3H3/q+1. The Morgan fingerprint density at radius 3 is 2.44 bits per heavy atom. The lowest BCUT2D eigenvalue weighted by Gasteiger charge is -2.09. The van der Waals surface area contributed by atoms with Gasteiger partial charge in [0.25, 0.3) is 0 Å². The van der Waals surface area contributed by atoms with Gasteiger partial charge in [0, 0.05) is 6.42 Å². The molecule has 9 heavy (non-hydrogen) atoms. The number of nitrogens with zero attached hydrogens (tertiary/aromatic N) is 1. The molecular weight excluding hydrogens is 110 g/mol. The monoisotopic (exact) mass is 128 g/mol. The molecule has 0 aromatic rings. The highest BCUT2D eigenvalue weighted by atomic mass is 15.5. The Morgan fingerprint density at radius 2 is 2.11 bits per heavy atom. The van der Waals surface area contributed by atoms with Crippen molar-refractivity contribution in [2.75, 3.05) is 20.1 Å². The van der Waals surface area contributed by atoms with Crippen molar-refractivity contribution in [1.82, 2.24) is 0 Å². The number of quaternary nitrogens is 1. The van der Waals surface area contributed by atoms with Crippen molar-refractivity contribution >= 4 is 0 Å². The molecule has 1 saturated heterocycles. The summed E-state index contributed by atoms with van der Waals surface area (Å²) in [5.74, 6) is 0. The van der Waals surface area contributed by atoms with Crippen molar-refractivity contribution in [3.63, 3.8) is 0 Å². The normalized spacial score (nSPS) is 41.0. The summed E-state index contributed by atoms with van der Waals surface area (Å²) in [7, 11) is 2.36. The summed E-state index contributed by atoms with van der Waals surface area (Å²) >= 11 is 0. The SMILES string of the molecule is CCCC1C[N+]1(C)CC. The molecule has 0 spiro atoms. The minimum Gasteiger partial charge on any atom is -0.314 e. The fraction of sp³-hybridized carbons (Fsp3) is 1.00. The van der Waals surface area contributed by atoms with Crippen LogP contribution in [0.25, 0.3) is 0 Å². The van der Waals surface area contributed by atoms with Crippen molar-refractivity contribution in [1.29, 1.82) is 0 Å². The van der Waals surface area contributed by atoms with Crippen LogP contribution in [-0.2, 0) is 0 Å². The Kier molecular flexibility index (Phi) is 1.80. The van der Waals surface area contributed by atoms with Crippen molar-refractivity contribution < 1.29 is 4.48 Å². The third-order valence-electron chi connectivity index (χ3n) is 2.72. The van der Waals surface area contributed by atoms with Crippen molar-refractivity contribution in [3.05, 3.63) is 0 Å². The number of hydrogen-bond acceptors (Lipinski definition) is 0. The van der Waals surface area contributed by atoms with Crippen LogP contribution < -0.4 is 0 Å². The molecule has 0 radical (unpaired) electrons. The zero-order chi connectivity index (χ0) is 6.91. The molecule has 1 nitrogen and oxygen atoms in total. The second kappa shape index (κ2) is 2.30. The van der Waals surface area contributed by atoms with Gasteiger partial charge in [-0.05, 0) is 6.92 Å². The molecular formula is C8H18N+. The first-order valence-electron chi connectivity index (χ1n) is 4.07.